The van der Waals surface area contributed by atoms with Gasteiger partial charge in [-0.15, -0.1) is 0 Å². The zero-order valence-electron chi connectivity index (χ0n) is 14.8. The minimum Gasteiger partial charge on any atom is -0.493 e. The van der Waals surface area contributed by atoms with E-state index in [4.69, 9.17) is 14.6 Å². The van der Waals surface area contributed by atoms with E-state index in [2.05, 4.69) is 30.4 Å². The molecule has 134 valence electrons. The summed E-state index contributed by atoms with van der Waals surface area (Å²) >= 11 is 0. The fourth-order valence-electron chi connectivity index (χ4n) is 2.95. The average molecular weight is 341 g/mol. The standard InChI is InChI=1S/C21H27NO3/c1-16-2-7-20(22-13-17-3-5-18(14-23)6-4-17)12-21(16)25-15-19-8-10-24-11-9-19/h2-7,12,19,22-23H,8-11,13-15H2,1H3. The molecular weight excluding hydrogens is 314 g/mol. The number of benzene rings is 2. The van der Waals surface area contributed by atoms with E-state index in [1.165, 1.54) is 5.56 Å². The molecule has 1 fully saturated rings. The number of hydrogen-bond acceptors (Lipinski definition) is 4. The third-order valence-electron chi connectivity index (χ3n) is 4.71. The molecule has 3 rings (SSSR count). The highest BCUT2D eigenvalue weighted by Crippen LogP contribution is 2.25. The summed E-state index contributed by atoms with van der Waals surface area (Å²) in [6.07, 6.45) is 2.17. The second-order valence-corrected chi connectivity index (χ2v) is 6.68. The van der Waals surface area contributed by atoms with Gasteiger partial charge in [0.25, 0.3) is 0 Å². The maximum absolute atomic E-state index is 9.10. The van der Waals surface area contributed by atoms with Gasteiger partial charge >= 0.3 is 0 Å². The molecule has 0 amide bonds. The largest absolute Gasteiger partial charge is 0.493 e. The molecule has 0 unspecified atom stereocenters. The van der Waals surface area contributed by atoms with Gasteiger partial charge in [-0.3, -0.25) is 0 Å². The Hall–Kier alpha value is -2.04. The van der Waals surface area contributed by atoms with E-state index in [0.29, 0.717) is 5.92 Å². The topological polar surface area (TPSA) is 50.7 Å². The Bertz CT molecular complexity index is 663. The van der Waals surface area contributed by atoms with Crippen molar-refractivity contribution < 1.29 is 14.6 Å². The third kappa shape index (κ3) is 5.21. The Kier molecular flexibility index (Phi) is 6.31. The van der Waals surface area contributed by atoms with Gasteiger partial charge in [-0.2, -0.15) is 0 Å². The zero-order chi connectivity index (χ0) is 17.5. The van der Waals surface area contributed by atoms with Gasteiger partial charge in [0, 0.05) is 31.5 Å². The van der Waals surface area contributed by atoms with Crippen LogP contribution in [-0.4, -0.2) is 24.9 Å². The molecule has 2 aromatic rings. The predicted molar refractivity (Wildman–Crippen MR) is 99.9 cm³/mol. The van der Waals surface area contributed by atoms with Crippen LogP contribution < -0.4 is 10.1 Å². The van der Waals surface area contributed by atoms with Gasteiger partial charge in [0.1, 0.15) is 5.75 Å². The van der Waals surface area contributed by atoms with Gasteiger partial charge in [-0.05, 0) is 48.4 Å². The summed E-state index contributed by atoms with van der Waals surface area (Å²) in [5, 5.41) is 12.5. The summed E-state index contributed by atoms with van der Waals surface area (Å²) in [6.45, 7) is 5.37. The van der Waals surface area contributed by atoms with Crippen molar-refractivity contribution in [1.29, 1.82) is 0 Å². The highest BCUT2D eigenvalue weighted by atomic mass is 16.5. The van der Waals surface area contributed by atoms with Crippen molar-refractivity contribution in [3.05, 3.63) is 59.2 Å². The van der Waals surface area contributed by atoms with Crippen LogP contribution in [-0.2, 0) is 17.9 Å². The summed E-state index contributed by atoms with van der Waals surface area (Å²) in [4.78, 5) is 0. The van der Waals surface area contributed by atoms with E-state index in [1.807, 2.05) is 24.3 Å². The lowest BCUT2D eigenvalue weighted by molar-refractivity contribution is 0.0496. The molecule has 0 aliphatic carbocycles. The van der Waals surface area contributed by atoms with Crippen molar-refractivity contribution in [3.63, 3.8) is 0 Å². The van der Waals surface area contributed by atoms with Crippen LogP contribution in [0, 0.1) is 12.8 Å². The quantitative estimate of drug-likeness (QED) is 0.802. The number of nitrogens with one attached hydrogen (secondary N) is 1. The van der Waals surface area contributed by atoms with Crippen molar-refractivity contribution in [2.75, 3.05) is 25.1 Å². The lowest BCUT2D eigenvalue weighted by atomic mass is 10.0. The van der Waals surface area contributed by atoms with Gasteiger partial charge < -0.3 is 19.9 Å². The van der Waals surface area contributed by atoms with Gasteiger partial charge in [-0.1, -0.05) is 30.3 Å². The molecule has 25 heavy (non-hydrogen) atoms. The molecule has 2 aromatic carbocycles. The summed E-state index contributed by atoms with van der Waals surface area (Å²) in [5.74, 6) is 1.54. The van der Waals surface area contributed by atoms with Crippen LogP contribution in [0.2, 0.25) is 0 Å². The fraction of sp³-hybridized carbons (Fsp3) is 0.429. The first-order valence-electron chi connectivity index (χ1n) is 8.98. The molecular formula is C21H27NO3. The number of aryl methyl sites for hydroxylation is 1. The molecule has 1 aliphatic heterocycles. The molecule has 4 heteroatoms. The summed E-state index contributed by atoms with van der Waals surface area (Å²) in [5.41, 5.74) is 4.33. The molecule has 0 radical (unpaired) electrons. The Morgan fingerprint density at radius 2 is 1.80 bits per heavy atom. The van der Waals surface area contributed by atoms with Crippen LogP contribution in [0.15, 0.2) is 42.5 Å². The van der Waals surface area contributed by atoms with Crippen molar-refractivity contribution >= 4 is 5.69 Å². The molecule has 2 N–H and O–H groups in total. The summed E-state index contributed by atoms with van der Waals surface area (Å²) in [7, 11) is 0. The SMILES string of the molecule is Cc1ccc(NCc2ccc(CO)cc2)cc1OCC1CCOCC1. The highest BCUT2D eigenvalue weighted by molar-refractivity contribution is 5.51. The molecule has 1 aliphatic rings. The summed E-state index contributed by atoms with van der Waals surface area (Å²) < 4.78 is 11.5. The van der Waals surface area contributed by atoms with E-state index in [0.717, 1.165) is 61.8 Å². The molecule has 1 heterocycles. The minimum absolute atomic E-state index is 0.0828. The van der Waals surface area contributed by atoms with Crippen LogP contribution in [0.5, 0.6) is 5.75 Å². The second-order valence-electron chi connectivity index (χ2n) is 6.68. The smallest absolute Gasteiger partial charge is 0.124 e. The van der Waals surface area contributed by atoms with Gasteiger partial charge in [0.2, 0.25) is 0 Å². The number of ether oxygens (including phenoxy) is 2. The second kappa shape index (κ2) is 8.88. The molecule has 0 aromatic heterocycles. The third-order valence-corrected chi connectivity index (χ3v) is 4.71. The number of hydrogen-bond donors (Lipinski definition) is 2. The molecule has 0 spiro atoms. The van der Waals surface area contributed by atoms with E-state index >= 15 is 0 Å². The molecule has 0 bridgehead atoms. The van der Waals surface area contributed by atoms with Crippen LogP contribution in [0.3, 0.4) is 0 Å². The Morgan fingerprint density at radius 1 is 1.08 bits per heavy atom. The first-order valence-corrected chi connectivity index (χ1v) is 8.98. The lowest BCUT2D eigenvalue weighted by Crippen LogP contribution is -2.21. The first kappa shape index (κ1) is 17.8. The normalized spacial score (nSPS) is 15.1. The first-order chi connectivity index (χ1) is 12.2. The number of anilines is 1. The van der Waals surface area contributed by atoms with Crippen LogP contribution >= 0.6 is 0 Å². The molecule has 0 saturated carbocycles. The number of rotatable bonds is 7. The summed E-state index contributed by atoms with van der Waals surface area (Å²) in [6, 6.07) is 14.2. The Morgan fingerprint density at radius 3 is 2.52 bits per heavy atom. The highest BCUT2D eigenvalue weighted by Gasteiger charge is 2.15. The van der Waals surface area contributed by atoms with Crippen LogP contribution in [0.4, 0.5) is 5.69 Å². The van der Waals surface area contributed by atoms with Crippen LogP contribution in [0.1, 0.15) is 29.5 Å². The van der Waals surface area contributed by atoms with E-state index in [-0.39, 0.29) is 6.61 Å². The van der Waals surface area contributed by atoms with Crippen molar-refractivity contribution in [3.8, 4) is 5.75 Å². The Labute approximate surface area is 149 Å². The van der Waals surface area contributed by atoms with Crippen LogP contribution in [0.25, 0.3) is 0 Å². The lowest BCUT2D eigenvalue weighted by Gasteiger charge is -2.22. The Balaban J connectivity index is 1.56. The monoisotopic (exact) mass is 341 g/mol. The maximum Gasteiger partial charge on any atom is 0.124 e. The molecule has 1 saturated heterocycles. The van der Waals surface area contributed by atoms with E-state index in [1.54, 1.807) is 0 Å². The maximum atomic E-state index is 9.10. The van der Waals surface area contributed by atoms with Crippen molar-refractivity contribution in [1.82, 2.24) is 0 Å². The van der Waals surface area contributed by atoms with Crippen molar-refractivity contribution in [2.45, 2.75) is 32.9 Å². The number of aliphatic hydroxyl groups excluding tert-OH is 1. The average Bonchev–Trinajstić information content (AvgIpc) is 2.67. The van der Waals surface area contributed by atoms with Gasteiger partial charge in [0.05, 0.1) is 13.2 Å². The zero-order valence-corrected chi connectivity index (χ0v) is 14.8. The van der Waals surface area contributed by atoms with Gasteiger partial charge in [-0.25, -0.2) is 0 Å². The van der Waals surface area contributed by atoms with E-state index < -0.39 is 0 Å². The van der Waals surface area contributed by atoms with E-state index in [9.17, 15) is 0 Å². The minimum atomic E-state index is 0.0828. The fourth-order valence-corrected chi connectivity index (χ4v) is 2.95. The predicted octanol–water partition coefficient (Wildman–Crippen LogP) is 3.90. The molecule has 0 atom stereocenters. The van der Waals surface area contributed by atoms with Gasteiger partial charge in [0.15, 0.2) is 0 Å². The number of aliphatic hydroxyl groups is 1. The molecule has 4 nitrogen and oxygen atoms in total. The van der Waals surface area contributed by atoms with Crippen molar-refractivity contribution in [2.24, 2.45) is 5.92 Å².